The summed E-state index contributed by atoms with van der Waals surface area (Å²) in [5, 5.41) is 257. The predicted octanol–water partition coefficient (Wildman–Crippen LogP) is -7.00. The molecule has 13 aliphatic rings. The van der Waals surface area contributed by atoms with Gasteiger partial charge < -0.3 is 198 Å². The molecule has 42 heteroatoms. The lowest BCUT2D eigenvalue weighted by Crippen LogP contribution is -2.69. The number of ether oxygens (including phenoxy) is 17. The van der Waals surface area contributed by atoms with Crippen LogP contribution in [0.3, 0.4) is 0 Å². The number of carbonyl (C=O) groups is 2. The number of aliphatic hydroxyl groups excluding tert-OH is 22. The highest BCUT2D eigenvalue weighted by Gasteiger charge is 2.73. The quantitative estimate of drug-likeness (QED) is 0.0166. The van der Waals surface area contributed by atoms with E-state index in [1.807, 2.05) is 0 Å². The second kappa shape index (κ2) is 39.2. The Bertz CT molecular complexity index is 3730. The lowest BCUT2D eigenvalue weighted by molar-refractivity contribution is -0.401. The molecule has 0 unspecified atom stereocenters. The maximum Gasteiger partial charge on any atom is 0.336 e. The van der Waals surface area contributed by atoms with Crippen LogP contribution in [-0.4, -0.2) is 421 Å². The third-order valence-electron chi connectivity index (χ3n) is 30.4. The van der Waals surface area contributed by atoms with Crippen molar-refractivity contribution in [3.8, 4) is 0 Å². The summed E-state index contributed by atoms with van der Waals surface area (Å²) in [6.07, 6.45) is -59.6. The fraction of sp³-hybridized carbons (Fsp3) is 0.905. The van der Waals surface area contributed by atoms with Gasteiger partial charge in [-0.2, -0.15) is 0 Å². The number of hydrogen-bond acceptors (Lipinski definition) is 42. The van der Waals surface area contributed by atoms with E-state index < -0.39 is 342 Å². The van der Waals surface area contributed by atoms with E-state index in [2.05, 4.69) is 61.1 Å². The van der Waals surface area contributed by atoms with Crippen LogP contribution in [0, 0.1) is 50.2 Å². The first-order valence-electron chi connectivity index (χ1n) is 43.7. The van der Waals surface area contributed by atoms with Crippen LogP contribution >= 0.6 is 0 Å². The van der Waals surface area contributed by atoms with Gasteiger partial charge in [-0.3, -0.25) is 4.79 Å². The van der Waals surface area contributed by atoms with Crippen LogP contribution in [0.5, 0.6) is 0 Å². The van der Waals surface area contributed by atoms with E-state index in [-0.39, 0.29) is 43.1 Å². The van der Waals surface area contributed by atoms with Crippen molar-refractivity contribution in [3.05, 3.63) is 36.0 Å². The van der Waals surface area contributed by atoms with E-state index >= 15 is 4.79 Å². The summed E-state index contributed by atoms with van der Waals surface area (Å²) < 4.78 is 103. The zero-order valence-corrected chi connectivity index (χ0v) is 72.1. The highest BCUT2D eigenvalue weighted by molar-refractivity contribution is 5.88. The molecule has 0 aromatic heterocycles. The molecule has 5 aliphatic carbocycles. The van der Waals surface area contributed by atoms with Gasteiger partial charge in [-0.15, -0.1) is 6.58 Å². The molecule has 8 saturated heterocycles. The number of carbonyl (C=O) groups excluding carboxylic acids is 2. The summed E-state index contributed by atoms with van der Waals surface area (Å²) in [6.45, 7) is 15.9. The molecule has 42 nitrogen and oxygen atoms in total. The number of aliphatic hydroxyl groups is 23. The second-order valence-electron chi connectivity index (χ2n) is 39.2. The zero-order valence-electron chi connectivity index (χ0n) is 72.1. The normalized spacial score (nSPS) is 50.9. The molecule has 13 rings (SSSR count). The molecule has 8 heterocycles. The number of rotatable bonds is 26. The van der Waals surface area contributed by atoms with Gasteiger partial charge >= 0.3 is 11.9 Å². The van der Waals surface area contributed by atoms with Crippen molar-refractivity contribution < 1.29 is 208 Å². The lowest BCUT2D eigenvalue weighted by atomic mass is 9.33. The Morgan fingerprint density at radius 3 is 1.63 bits per heavy atom. The topological polar surface area (TPSA) is 656 Å². The van der Waals surface area contributed by atoms with Gasteiger partial charge in [0.05, 0.1) is 75.7 Å². The van der Waals surface area contributed by atoms with Crippen LogP contribution in [0.15, 0.2) is 36.0 Å². The average Bonchev–Trinajstić information content (AvgIpc) is 0.669. The van der Waals surface area contributed by atoms with Gasteiger partial charge in [-0.25, -0.2) is 4.79 Å². The SMILES string of the molecule is C=C[C@](C)(O)CC/C=C(/CO)C(=O)OC[C@H]1O[C@@H](OC(=O)[C@@]23CCC(C)(C)C[C@H]2C2=CC[C@@H]4[C@]5(C)CC[C@H](O[C@@H]6O[C@H](CO[C@H]7OC[C@H](O)[C@@H](O)[C@@H]7O[C@@H]7OC[C@@H](O)[C@H](O)[C@H]7O)[C@@H](O)[C@H](O)[C@H]6O)C(C)(C)[C@@H]5CC[C@]4(C)[C@@]2(C)C[C@H]3O)[C@H](O[C@@H]2O[C@@H](C)[C@H](O[C@@H]3OC[C@@H](O)[C@H](O[C@@H]4OC[C@@H](O)[C@H](O)[C@H]4O)[C@H]3O)[C@@H](O)[C@H]2O[C@@H]2O[C@H](CO)[C@H](O)[C@H](O)[C@H]2O)[C@@H](O)[C@@H]1O. The molecule has 0 bridgehead atoms. The maximum absolute atomic E-state index is 16.4. The summed E-state index contributed by atoms with van der Waals surface area (Å²) in [4.78, 5) is 30.3. The maximum atomic E-state index is 16.4. The second-order valence-corrected chi connectivity index (χ2v) is 39.2. The molecule has 4 saturated carbocycles. The zero-order chi connectivity index (χ0) is 92.1. The fourth-order valence-electron chi connectivity index (χ4n) is 22.4. The van der Waals surface area contributed by atoms with E-state index in [1.165, 1.54) is 26.0 Å². The molecular formula is C84H134O42. The van der Waals surface area contributed by atoms with Crippen LogP contribution in [0.25, 0.3) is 0 Å². The monoisotopic (exact) mass is 1810 g/mol. The summed E-state index contributed by atoms with van der Waals surface area (Å²) in [5.41, 5.74) is -5.66. The van der Waals surface area contributed by atoms with E-state index in [0.717, 1.165) is 5.57 Å². The molecule has 0 radical (unpaired) electrons. The van der Waals surface area contributed by atoms with Crippen molar-refractivity contribution in [2.45, 2.75) is 372 Å². The Balaban J connectivity index is 0.766. The highest BCUT2D eigenvalue weighted by Crippen LogP contribution is 2.76. The first kappa shape index (κ1) is 100. The van der Waals surface area contributed by atoms with Gasteiger partial charge in [0.1, 0.15) is 171 Å². The summed E-state index contributed by atoms with van der Waals surface area (Å²) in [5.74, 6) is -3.13. The Labute approximate surface area is 727 Å². The first-order chi connectivity index (χ1) is 59.1. The summed E-state index contributed by atoms with van der Waals surface area (Å²) in [7, 11) is 0. The Morgan fingerprint density at radius 1 is 0.500 bits per heavy atom. The van der Waals surface area contributed by atoms with Crippen molar-refractivity contribution in [2.75, 3.05) is 52.9 Å². The Morgan fingerprint density at radius 2 is 1.01 bits per heavy atom. The molecular weight excluding hydrogens is 1680 g/mol. The Kier molecular flexibility index (Phi) is 31.1. The third-order valence-corrected chi connectivity index (χ3v) is 30.4. The van der Waals surface area contributed by atoms with Gasteiger partial charge in [-0.1, -0.05) is 72.3 Å². The minimum absolute atomic E-state index is 0.00743. The van der Waals surface area contributed by atoms with E-state index in [0.29, 0.717) is 44.9 Å². The van der Waals surface area contributed by atoms with Crippen LogP contribution in [0.4, 0.5) is 0 Å². The molecule has 23 N–H and O–H groups in total. The highest BCUT2D eigenvalue weighted by atomic mass is 16.8. The van der Waals surface area contributed by atoms with E-state index in [9.17, 15) is 122 Å². The number of fused-ring (bicyclic) bond motifs is 7. The van der Waals surface area contributed by atoms with Gasteiger partial charge in [0.2, 0.25) is 6.29 Å². The van der Waals surface area contributed by atoms with Crippen LogP contribution in [0.2, 0.25) is 0 Å². The molecule has 12 fully saturated rings. The van der Waals surface area contributed by atoms with Crippen molar-refractivity contribution in [3.63, 3.8) is 0 Å². The van der Waals surface area contributed by atoms with Crippen molar-refractivity contribution in [2.24, 2.45) is 50.2 Å². The first-order valence-corrected chi connectivity index (χ1v) is 43.7. The standard InChI is InChI=1S/C84H134O42/c1-11-80(7,109)18-12-13-34(25-85)68(107)110-31-42-53(97)56(100)66(125-75-67(124-73-60(104)54(98)51(95)41(26-86)117-73)61(105)63(33(2)116-75)121-71-62(106)64(40(90)30-113-71)122-69-57(101)48(92)37(87)27-111-69)76(119-42)126-77(108)84-22-21-78(3,4)23-36(84)35-14-15-45-81(8)19-17-47(79(5,6)44(81)16-20-82(45,9)83(35,10)24-46(84)91)120-72-59(103)55(99)52(96)43(118-72)32-115-74-65(50(94)39(89)29-114-74)123-70-58(102)49(93)38(88)28-112-70/h11,13-14,33,36-67,69-76,85-106,109H,1,12,15-32H2,2-10H3/b34-13-/t33-,36-,37+,38+,39-,40+,41+,42+,43+,44-,45+,46+,47-,48-,49-,50+,51-,52+,53+,54-,55-,56-,57+,58+,59+,60+,61+,62+,63-,64-,65-,66+,67+,69-,70-,71-,72-,73-,74+,75-,76-,80-,81+,82-,83-,84-/m0/s1. The van der Waals surface area contributed by atoms with Gasteiger partial charge in [0, 0.05) is 0 Å². The van der Waals surface area contributed by atoms with Gasteiger partial charge in [-0.05, 0) is 129 Å². The van der Waals surface area contributed by atoms with Gasteiger partial charge in [0.25, 0.3) is 0 Å². The third kappa shape index (κ3) is 19.0. The molecule has 0 aromatic rings. The van der Waals surface area contributed by atoms with Crippen LogP contribution < -0.4 is 0 Å². The van der Waals surface area contributed by atoms with E-state index in [4.69, 9.17) is 80.5 Å². The summed E-state index contributed by atoms with van der Waals surface area (Å²) in [6, 6.07) is 0. The van der Waals surface area contributed by atoms with Crippen molar-refractivity contribution in [1.29, 1.82) is 0 Å². The Hall–Kier alpha value is -3.36. The molecule has 0 amide bonds. The molecule has 126 heavy (non-hydrogen) atoms. The van der Waals surface area contributed by atoms with Crippen LogP contribution in [0.1, 0.15) is 133 Å². The van der Waals surface area contributed by atoms with Gasteiger partial charge in [0.15, 0.2) is 50.1 Å². The van der Waals surface area contributed by atoms with E-state index in [1.54, 1.807) is 0 Å². The minimum atomic E-state index is -2.30. The number of hydrogen-bond donors (Lipinski definition) is 23. The molecule has 46 atom stereocenters. The molecule has 0 aromatic carbocycles. The largest absolute Gasteiger partial charge is 0.459 e. The van der Waals surface area contributed by atoms with Crippen LogP contribution in [-0.2, 0) is 90.1 Å². The van der Waals surface area contributed by atoms with Crippen molar-refractivity contribution >= 4 is 11.9 Å². The summed E-state index contributed by atoms with van der Waals surface area (Å²) >= 11 is 0. The fourth-order valence-corrected chi connectivity index (χ4v) is 22.4. The molecule has 0 spiro atoms. The molecule has 722 valence electrons. The molecule has 8 aliphatic heterocycles. The average molecular weight is 1820 g/mol. The number of allylic oxidation sites excluding steroid dienone is 3. The lowest BCUT2D eigenvalue weighted by Gasteiger charge is -2.71. The smallest absolute Gasteiger partial charge is 0.336 e. The number of esters is 2. The predicted molar refractivity (Wildman–Crippen MR) is 418 cm³/mol. The minimum Gasteiger partial charge on any atom is -0.459 e. The van der Waals surface area contributed by atoms with Crippen molar-refractivity contribution in [1.82, 2.24) is 0 Å².